The van der Waals surface area contributed by atoms with Crippen LogP contribution in [0.3, 0.4) is 0 Å². The number of hydrogen-bond donors (Lipinski definition) is 2. The van der Waals surface area contributed by atoms with Crippen LogP contribution in [-0.4, -0.2) is 25.3 Å². The fraction of sp³-hybridized carbons (Fsp3) is 0.167. The number of amides is 1. The van der Waals surface area contributed by atoms with Gasteiger partial charge in [0.25, 0.3) is 5.24 Å². The van der Waals surface area contributed by atoms with Crippen LogP contribution in [0.1, 0.15) is 5.56 Å². The van der Waals surface area contributed by atoms with E-state index in [-0.39, 0.29) is 11.1 Å². The van der Waals surface area contributed by atoms with E-state index < -0.39 is 0 Å². The van der Waals surface area contributed by atoms with Gasteiger partial charge in [0.1, 0.15) is 17.3 Å². The molecule has 6 heteroatoms. The summed E-state index contributed by atoms with van der Waals surface area (Å²) >= 11 is 0.997. The maximum absolute atomic E-state index is 11.1. The predicted octanol–water partition coefficient (Wildman–Crippen LogP) is 2.48. The molecular weight excluding hydrogens is 252 g/mol. The molecule has 1 amide bonds. The number of nitrogens with one attached hydrogen (secondary N) is 2. The zero-order valence-corrected chi connectivity index (χ0v) is 10.8. The summed E-state index contributed by atoms with van der Waals surface area (Å²) in [7, 11) is 3.14. The van der Waals surface area contributed by atoms with Crippen LogP contribution in [0.4, 0.5) is 4.79 Å². The highest BCUT2D eigenvalue weighted by Gasteiger charge is 2.22. The molecule has 2 rings (SSSR count). The molecule has 0 saturated carbocycles. The van der Waals surface area contributed by atoms with Crippen molar-refractivity contribution >= 4 is 28.9 Å². The monoisotopic (exact) mass is 264 g/mol. The van der Waals surface area contributed by atoms with E-state index in [1.807, 2.05) is 6.07 Å². The summed E-state index contributed by atoms with van der Waals surface area (Å²) in [6.07, 6.45) is 1.74. The van der Waals surface area contributed by atoms with Gasteiger partial charge in [-0.3, -0.25) is 10.2 Å². The van der Waals surface area contributed by atoms with Gasteiger partial charge in [0.15, 0.2) is 0 Å². The first-order valence-corrected chi connectivity index (χ1v) is 5.97. The minimum atomic E-state index is -0.237. The van der Waals surface area contributed by atoms with Crippen molar-refractivity contribution in [2.24, 2.45) is 0 Å². The van der Waals surface area contributed by atoms with Crippen molar-refractivity contribution in [1.82, 2.24) is 5.32 Å². The largest absolute Gasteiger partial charge is 0.497 e. The van der Waals surface area contributed by atoms with Gasteiger partial charge < -0.3 is 14.8 Å². The van der Waals surface area contributed by atoms with Crippen LogP contribution in [0.15, 0.2) is 23.1 Å². The molecule has 0 unspecified atom stereocenters. The molecule has 1 aromatic rings. The average Bonchev–Trinajstić information content (AvgIpc) is 2.68. The van der Waals surface area contributed by atoms with Crippen molar-refractivity contribution in [2.45, 2.75) is 0 Å². The first-order chi connectivity index (χ1) is 8.63. The zero-order chi connectivity index (χ0) is 13.1. The van der Waals surface area contributed by atoms with Crippen LogP contribution < -0.4 is 14.8 Å². The summed E-state index contributed by atoms with van der Waals surface area (Å²) < 4.78 is 10.4. The highest BCUT2D eigenvalue weighted by molar-refractivity contribution is 8.18. The number of rotatable bonds is 3. The first-order valence-electron chi connectivity index (χ1n) is 5.15. The molecule has 5 nitrogen and oxygen atoms in total. The molecule has 0 radical (unpaired) electrons. The van der Waals surface area contributed by atoms with Crippen LogP contribution in [0.25, 0.3) is 6.08 Å². The minimum Gasteiger partial charge on any atom is -0.497 e. The van der Waals surface area contributed by atoms with Crippen LogP contribution in [-0.2, 0) is 0 Å². The summed E-state index contributed by atoms with van der Waals surface area (Å²) in [6, 6.07) is 5.37. The van der Waals surface area contributed by atoms with Gasteiger partial charge in [-0.25, -0.2) is 0 Å². The number of benzene rings is 1. The summed E-state index contributed by atoms with van der Waals surface area (Å²) in [4.78, 5) is 11.7. The molecular formula is C12H12N2O3S. The molecule has 2 N–H and O–H groups in total. The Bertz CT molecular complexity index is 540. The quantitative estimate of drug-likeness (QED) is 0.879. The molecule has 1 heterocycles. The van der Waals surface area contributed by atoms with Gasteiger partial charge in [-0.1, -0.05) is 0 Å². The van der Waals surface area contributed by atoms with Crippen molar-refractivity contribution in [2.75, 3.05) is 14.2 Å². The molecule has 1 saturated heterocycles. The number of thioether (sulfide) groups is 1. The molecule has 0 atom stereocenters. The van der Waals surface area contributed by atoms with Gasteiger partial charge in [-0.05, 0) is 30.0 Å². The lowest BCUT2D eigenvalue weighted by Gasteiger charge is -2.07. The maximum Gasteiger partial charge on any atom is 0.289 e. The Labute approximate surface area is 109 Å². The summed E-state index contributed by atoms with van der Waals surface area (Å²) in [5.41, 5.74) is 0.794. The third-order valence-corrected chi connectivity index (χ3v) is 3.23. The zero-order valence-electron chi connectivity index (χ0n) is 9.94. The van der Waals surface area contributed by atoms with Gasteiger partial charge in [0.2, 0.25) is 0 Å². The Balaban J connectivity index is 2.37. The van der Waals surface area contributed by atoms with E-state index in [9.17, 15) is 4.79 Å². The van der Waals surface area contributed by atoms with Gasteiger partial charge in [0.05, 0.1) is 19.1 Å². The maximum atomic E-state index is 11.1. The van der Waals surface area contributed by atoms with Gasteiger partial charge in [-0.2, -0.15) is 0 Å². The van der Waals surface area contributed by atoms with E-state index in [2.05, 4.69) is 5.32 Å². The molecule has 0 aromatic heterocycles. The van der Waals surface area contributed by atoms with E-state index >= 15 is 0 Å². The summed E-state index contributed by atoms with van der Waals surface area (Å²) in [6.45, 7) is 0. The predicted molar refractivity (Wildman–Crippen MR) is 71.4 cm³/mol. The standard InChI is InChI=1S/C12H12N2O3S/c1-16-8-4-3-7(9(6-8)17-2)5-10-11(13)14-12(15)18-10/h3-6H,1-2H3,(H2,13,14,15). The van der Waals surface area contributed by atoms with E-state index in [0.29, 0.717) is 16.4 Å². The topological polar surface area (TPSA) is 71.4 Å². The number of carbonyl (C=O) groups is 1. The van der Waals surface area contributed by atoms with Crippen LogP contribution in [0.5, 0.6) is 11.5 Å². The number of hydrogen-bond acceptors (Lipinski definition) is 5. The number of methoxy groups -OCH3 is 2. The lowest BCUT2D eigenvalue weighted by Crippen LogP contribution is -2.17. The molecule has 0 bridgehead atoms. The Morgan fingerprint density at radius 3 is 2.67 bits per heavy atom. The van der Waals surface area contributed by atoms with Gasteiger partial charge >= 0.3 is 0 Å². The summed E-state index contributed by atoms with van der Waals surface area (Å²) in [5, 5.41) is 9.79. The second-order valence-corrected chi connectivity index (χ2v) is 4.52. The highest BCUT2D eigenvalue weighted by atomic mass is 32.2. The lowest BCUT2D eigenvalue weighted by atomic mass is 10.1. The molecule has 1 aliphatic rings. The molecule has 1 aromatic carbocycles. The van der Waals surface area contributed by atoms with Crippen molar-refractivity contribution in [3.8, 4) is 11.5 Å². The van der Waals surface area contributed by atoms with E-state index in [0.717, 1.165) is 17.3 Å². The van der Waals surface area contributed by atoms with E-state index in [1.165, 1.54) is 0 Å². The van der Waals surface area contributed by atoms with Crippen molar-refractivity contribution < 1.29 is 14.3 Å². The lowest BCUT2D eigenvalue weighted by molar-refractivity contribution is 0.265. The third-order valence-electron chi connectivity index (χ3n) is 2.40. The van der Waals surface area contributed by atoms with Crippen molar-refractivity contribution in [1.29, 1.82) is 5.41 Å². The van der Waals surface area contributed by atoms with Gasteiger partial charge in [-0.15, -0.1) is 0 Å². The summed E-state index contributed by atoms with van der Waals surface area (Å²) in [5.74, 6) is 1.44. The molecule has 94 valence electrons. The second-order valence-electron chi connectivity index (χ2n) is 3.51. The number of carbonyl (C=O) groups excluding carboxylic acids is 1. The Morgan fingerprint density at radius 2 is 2.11 bits per heavy atom. The molecule has 1 fully saturated rings. The number of ether oxygens (including phenoxy) is 2. The second kappa shape index (κ2) is 5.14. The molecule has 18 heavy (non-hydrogen) atoms. The Kier molecular flexibility index (Phi) is 3.57. The van der Waals surface area contributed by atoms with E-state index in [4.69, 9.17) is 14.9 Å². The Morgan fingerprint density at radius 1 is 1.33 bits per heavy atom. The molecule has 0 aliphatic carbocycles. The van der Waals surface area contributed by atoms with Crippen LogP contribution in [0, 0.1) is 5.41 Å². The van der Waals surface area contributed by atoms with Gasteiger partial charge in [0, 0.05) is 11.6 Å². The van der Waals surface area contributed by atoms with Crippen molar-refractivity contribution in [3.05, 3.63) is 28.7 Å². The molecule has 1 aliphatic heterocycles. The fourth-order valence-electron chi connectivity index (χ4n) is 1.52. The number of amidine groups is 1. The fourth-order valence-corrected chi connectivity index (χ4v) is 2.21. The minimum absolute atomic E-state index is 0.114. The third kappa shape index (κ3) is 2.48. The van der Waals surface area contributed by atoms with Crippen LogP contribution in [0.2, 0.25) is 0 Å². The SMILES string of the molecule is COc1ccc(C=C2SC(=O)NC2=N)c(OC)c1. The smallest absolute Gasteiger partial charge is 0.289 e. The highest BCUT2D eigenvalue weighted by Crippen LogP contribution is 2.31. The van der Waals surface area contributed by atoms with E-state index in [1.54, 1.807) is 32.4 Å². The Hall–Kier alpha value is -1.95. The normalized spacial score (nSPS) is 16.9. The first kappa shape index (κ1) is 12.5. The van der Waals surface area contributed by atoms with Crippen LogP contribution >= 0.6 is 11.8 Å². The van der Waals surface area contributed by atoms with Crippen molar-refractivity contribution in [3.63, 3.8) is 0 Å². The average molecular weight is 264 g/mol. The molecule has 0 spiro atoms.